The Balaban J connectivity index is 1.67. The van der Waals surface area contributed by atoms with E-state index >= 15 is 0 Å². The maximum absolute atomic E-state index is 4.97. The fourth-order valence-electron chi connectivity index (χ4n) is 5.75. The minimum atomic E-state index is 0.864. The molecule has 2 N–H and O–H groups in total. The van der Waals surface area contributed by atoms with Gasteiger partial charge in [0.2, 0.25) is 0 Å². The maximum Gasteiger partial charge on any atom is 0.0686 e. The number of nitrogens with one attached hydrogen (secondary N) is 2. The number of aryl methyl sites for hydroxylation is 2. The van der Waals surface area contributed by atoms with E-state index in [1.165, 1.54) is 67.3 Å². The Morgan fingerprint density at radius 2 is 0.971 bits per heavy atom. The topological polar surface area (TPSA) is 56.3 Å². The van der Waals surface area contributed by atoms with Crippen molar-refractivity contribution in [2.24, 2.45) is 9.98 Å². The first-order valence-electron chi connectivity index (χ1n) is 12.9. The number of allylic oxidation sites excluding steroid dienone is 4. The van der Waals surface area contributed by atoms with Crippen molar-refractivity contribution in [2.75, 3.05) is 0 Å². The van der Waals surface area contributed by atoms with Crippen molar-refractivity contribution in [3.63, 3.8) is 0 Å². The van der Waals surface area contributed by atoms with Crippen molar-refractivity contribution in [3.05, 3.63) is 78.7 Å². The number of rotatable bonds is 6. The van der Waals surface area contributed by atoms with Gasteiger partial charge in [-0.25, -0.2) is 0 Å². The quantitative estimate of drug-likeness (QED) is 0.431. The van der Waals surface area contributed by atoms with Gasteiger partial charge in [0.15, 0.2) is 0 Å². The average molecular weight is 469 g/mol. The van der Waals surface area contributed by atoms with Gasteiger partial charge in [-0.3, -0.25) is 9.98 Å². The molecule has 0 aliphatic carbocycles. The van der Waals surface area contributed by atoms with E-state index in [0.29, 0.717) is 0 Å². The number of H-pyrrole nitrogens is 2. The second-order valence-electron chi connectivity index (χ2n) is 10.1. The maximum atomic E-state index is 4.97. The molecule has 0 amide bonds. The predicted octanol–water partition coefficient (Wildman–Crippen LogP) is 8.06. The molecule has 0 bridgehead atoms. The summed E-state index contributed by atoms with van der Waals surface area (Å²) in [5, 5.41) is 0. The van der Waals surface area contributed by atoms with Crippen molar-refractivity contribution in [2.45, 2.75) is 88.5 Å². The highest BCUT2D eigenvalue weighted by Gasteiger charge is 2.25. The van der Waals surface area contributed by atoms with E-state index in [1.807, 2.05) is 0 Å². The van der Waals surface area contributed by atoms with Crippen molar-refractivity contribution in [1.82, 2.24) is 9.97 Å². The summed E-state index contributed by atoms with van der Waals surface area (Å²) in [7, 11) is 0. The fourth-order valence-corrected chi connectivity index (χ4v) is 5.75. The predicted molar refractivity (Wildman–Crippen MR) is 151 cm³/mol. The molecule has 4 nitrogen and oxygen atoms in total. The van der Waals surface area contributed by atoms with Crippen molar-refractivity contribution >= 4 is 23.6 Å². The van der Waals surface area contributed by atoms with E-state index < -0.39 is 0 Å². The van der Waals surface area contributed by atoms with Crippen molar-refractivity contribution in [1.29, 1.82) is 0 Å². The van der Waals surface area contributed by atoms with Gasteiger partial charge in [0, 0.05) is 40.6 Å². The minimum Gasteiger partial charge on any atom is -0.359 e. The highest BCUT2D eigenvalue weighted by atomic mass is 14.8. The number of aromatic amines is 2. The molecule has 0 aromatic carbocycles. The Morgan fingerprint density at radius 3 is 1.29 bits per heavy atom. The Kier molecular flexibility index (Phi) is 6.77. The lowest BCUT2D eigenvalue weighted by Gasteiger charge is -2.08. The van der Waals surface area contributed by atoms with Crippen LogP contribution in [0.1, 0.15) is 93.0 Å². The lowest BCUT2D eigenvalue weighted by molar-refractivity contribution is 1.08. The van der Waals surface area contributed by atoms with Crippen LogP contribution >= 0.6 is 0 Å². The van der Waals surface area contributed by atoms with Gasteiger partial charge in [0.1, 0.15) is 0 Å². The summed E-state index contributed by atoms with van der Waals surface area (Å²) in [5.41, 5.74) is 19.9. The van der Waals surface area contributed by atoms with Gasteiger partial charge in [-0.2, -0.15) is 0 Å². The SMILES string of the molecule is CCc1c(C)[nH]c(/C=C2\N=C(C)C(CC3=C(C)/C(=C\c4[nH]c(C)c(CC)c4C)N=C3C)=C2C)c1C. The molecule has 184 valence electrons. The van der Waals surface area contributed by atoms with Gasteiger partial charge >= 0.3 is 0 Å². The number of hydrogen-bond acceptors (Lipinski definition) is 2. The summed E-state index contributed by atoms with van der Waals surface area (Å²) in [6, 6.07) is 0. The molecule has 0 saturated carbocycles. The van der Waals surface area contributed by atoms with Gasteiger partial charge in [-0.05, 0) is 125 Å². The molecule has 4 heteroatoms. The van der Waals surface area contributed by atoms with Crippen LogP contribution in [0.3, 0.4) is 0 Å². The molecule has 0 fully saturated rings. The van der Waals surface area contributed by atoms with E-state index in [0.717, 1.165) is 42.1 Å². The number of hydrogen-bond donors (Lipinski definition) is 2. The molecule has 4 rings (SSSR count). The fraction of sp³-hybridized carbons (Fsp3) is 0.419. The Morgan fingerprint density at radius 1 is 0.600 bits per heavy atom. The van der Waals surface area contributed by atoms with Crippen molar-refractivity contribution in [3.8, 4) is 0 Å². The summed E-state index contributed by atoms with van der Waals surface area (Å²) in [4.78, 5) is 17.1. The molecule has 0 radical (unpaired) electrons. The molecule has 0 atom stereocenters. The first-order chi connectivity index (χ1) is 16.6. The first-order valence-corrected chi connectivity index (χ1v) is 12.9. The molecular formula is C31H40N4. The zero-order chi connectivity index (χ0) is 25.6. The van der Waals surface area contributed by atoms with E-state index in [1.54, 1.807) is 0 Å². The number of nitrogens with zero attached hydrogens (tertiary/aromatic N) is 2. The normalized spacial score (nSPS) is 18.6. The summed E-state index contributed by atoms with van der Waals surface area (Å²) in [6.07, 6.45) is 7.39. The van der Waals surface area contributed by atoms with Crippen LogP contribution in [0.4, 0.5) is 0 Å². The van der Waals surface area contributed by atoms with Crippen LogP contribution in [0.5, 0.6) is 0 Å². The molecule has 2 aliphatic heterocycles. The van der Waals surface area contributed by atoms with Gasteiger partial charge in [-0.15, -0.1) is 0 Å². The summed E-state index contributed by atoms with van der Waals surface area (Å²) < 4.78 is 0. The molecule has 35 heavy (non-hydrogen) atoms. The molecule has 2 aliphatic rings. The summed E-state index contributed by atoms with van der Waals surface area (Å²) in [5.74, 6) is 0. The second-order valence-corrected chi connectivity index (χ2v) is 10.1. The third kappa shape index (κ3) is 4.35. The molecular weight excluding hydrogens is 428 g/mol. The lowest BCUT2D eigenvalue weighted by Crippen LogP contribution is -2.02. The molecule has 2 aromatic rings. The monoisotopic (exact) mass is 468 g/mol. The van der Waals surface area contributed by atoms with Crippen LogP contribution in [0.2, 0.25) is 0 Å². The van der Waals surface area contributed by atoms with Crippen LogP contribution in [-0.2, 0) is 12.8 Å². The molecule has 2 aromatic heterocycles. The zero-order valence-corrected chi connectivity index (χ0v) is 23.2. The van der Waals surface area contributed by atoms with E-state index in [-0.39, 0.29) is 0 Å². The van der Waals surface area contributed by atoms with Crippen LogP contribution in [-0.4, -0.2) is 21.4 Å². The van der Waals surface area contributed by atoms with Crippen LogP contribution in [0.25, 0.3) is 12.2 Å². The molecule has 0 spiro atoms. The van der Waals surface area contributed by atoms with Gasteiger partial charge < -0.3 is 9.97 Å². The molecule has 0 saturated heterocycles. The minimum absolute atomic E-state index is 0.864. The Bertz CT molecular complexity index is 1280. The molecule has 4 heterocycles. The highest BCUT2D eigenvalue weighted by Crippen LogP contribution is 2.36. The standard InChI is InChI=1S/C31H40N4/c1-11-24-16(3)28(32-20(24)7)14-30-18(5)26(22(9)34-30)13-27-19(6)31(35-23(27)10)15-29-17(4)25(12-2)21(8)33-29/h14-15,32-33H,11-13H2,1-10H3/b30-14-,31-15+. The van der Waals surface area contributed by atoms with Gasteiger partial charge in [0.25, 0.3) is 0 Å². The Labute approximate surface area is 210 Å². The summed E-state index contributed by atoms with van der Waals surface area (Å²) in [6.45, 7) is 21.8. The van der Waals surface area contributed by atoms with Gasteiger partial charge in [0.05, 0.1) is 11.4 Å². The first kappa shape index (κ1) is 25.0. The van der Waals surface area contributed by atoms with E-state index in [9.17, 15) is 0 Å². The van der Waals surface area contributed by atoms with E-state index in [4.69, 9.17) is 9.98 Å². The van der Waals surface area contributed by atoms with Crippen LogP contribution in [0, 0.1) is 27.7 Å². The van der Waals surface area contributed by atoms with Crippen LogP contribution < -0.4 is 0 Å². The second kappa shape index (κ2) is 9.49. The average Bonchev–Trinajstić information content (AvgIpc) is 3.43. The van der Waals surface area contributed by atoms with Gasteiger partial charge in [-0.1, -0.05) is 13.8 Å². The van der Waals surface area contributed by atoms with Crippen LogP contribution in [0.15, 0.2) is 43.7 Å². The zero-order valence-electron chi connectivity index (χ0n) is 23.2. The Hall–Kier alpha value is -3.14. The number of aliphatic imine (C=N–C) groups is 2. The highest BCUT2D eigenvalue weighted by molar-refractivity contribution is 6.09. The molecule has 0 unspecified atom stereocenters. The van der Waals surface area contributed by atoms with Crippen molar-refractivity contribution < 1.29 is 0 Å². The summed E-state index contributed by atoms with van der Waals surface area (Å²) >= 11 is 0. The number of aromatic nitrogens is 2. The van der Waals surface area contributed by atoms with E-state index in [2.05, 4.69) is 91.4 Å². The third-order valence-electron chi connectivity index (χ3n) is 8.01. The lowest BCUT2D eigenvalue weighted by atomic mass is 9.93. The largest absolute Gasteiger partial charge is 0.359 e. The smallest absolute Gasteiger partial charge is 0.0686 e. The third-order valence-corrected chi connectivity index (χ3v) is 8.01.